The van der Waals surface area contributed by atoms with Crippen molar-refractivity contribution in [2.75, 3.05) is 6.54 Å². The van der Waals surface area contributed by atoms with E-state index in [9.17, 15) is 0 Å². The van der Waals surface area contributed by atoms with E-state index >= 15 is 0 Å². The molecule has 0 saturated carbocycles. The van der Waals surface area contributed by atoms with Gasteiger partial charge in [-0.3, -0.25) is 4.90 Å². The lowest BCUT2D eigenvalue weighted by molar-refractivity contribution is 0.0887. The first-order valence-electron chi connectivity index (χ1n) is 5.99. The molecule has 1 saturated heterocycles. The molecule has 16 heavy (non-hydrogen) atoms. The first kappa shape index (κ1) is 11.6. The fraction of sp³-hybridized carbons (Fsp3) is 0.750. The van der Waals surface area contributed by atoms with Gasteiger partial charge in [0.2, 0.25) is 0 Å². The molecule has 1 aromatic heterocycles. The Morgan fingerprint density at radius 2 is 2.31 bits per heavy atom. The Morgan fingerprint density at radius 3 is 2.94 bits per heavy atom. The van der Waals surface area contributed by atoms with E-state index in [0.717, 1.165) is 31.0 Å². The molecule has 2 rings (SSSR count). The molecular formula is C12H21N3O. The van der Waals surface area contributed by atoms with Crippen LogP contribution in [0.3, 0.4) is 0 Å². The Hall–Kier alpha value is -0.870. The quantitative estimate of drug-likeness (QED) is 0.826. The Labute approximate surface area is 96.8 Å². The van der Waals surface area contributed by atoms with Crippen molar-refractivity contribution >= 4 is 0 Å². The molecule has 1 aliphatic rings. The molecule has 90 valence electrons. The molecule has 2 N–H and O–H groups in total. The van der Waals surface area contributed by atoms with Gasteiger partial charge in [0.05, 0.1) is 5.69 Å². The monoisotopic (exact) mass is 223 g/mol. The second-order valence-corrected chi connectivity index (χ2v) is 4.95. The van der Waals surface area contributed by atoms with Gasteiger partial charge in [0.15, 0.2) is 0 Å². The van der Waals surface area contributed by atoms with Gasteiger partial charge in [-0.1, -0.05) is 12.1 Å². The molecule has 3 atom stereocenters. The van der Waals surface area contributed by atoms with Crippen molar-refractivity contribution in [1.82, 2.24) is 10.1 Å². The summed E-state index contributed by atoms with van der Waals surface area (Å²) in [5.41, 5.74) is 7.09. The van der Waals surface area contributed by atoms with Crippen LogP contribution in [0.1, 0.15) is 31.7 Å². The third-order valence-electron chi connectivity index (χ3n) is 3.80. The van der Waals surface area contributed by atoms with Crippen molar-refractivity contribution in [3.05, 3.63) is 17.5 Å². The van der Waals surface area contributed by atoms with Crippen LogP contribution < -0.4 is 5.73 Å². The minimum atomic E-state index is 0.338. The topological polar surface area (TPSA) is 55.3 Å². The van der Waals surface area contributed by atoms with Crippen molar-refractivity contribution < 1.29 is 4.52 Å². The molecule has 2 heterocycles. The van der Waals surface area contributed by atoms with E-state index in [1.54, 1.807) is 0 Å². The second-order valence-electron chi connectivity index (χ2n) is 4.95. The summed E-state index contributed by atoms with van der Waals surface area (Å²) in [5.74, 6) is 1.42. The standard InChI is InChI=1S/C12H21N3O/c1-8-6-11(14-16-8)7-15-5-4-12(13)9(2)10(15)3/h6,9-10,12H,4-5,7,13H2,1-3H3. The molecule has 1 aliphatic heterocycles. The number of rotatable bonds is 2. The molecule has 4 nitrogen and oxygen atoms in total. The van der Waals surface area contributed by atoms with E-state index in [1.165, 1.54) is 0 Å². The predicted octanol–water partition coefficient (Wildman–Crippen LogP) is 1.54. The zero-order valence-corrected chi connectivity index (χ0v) is 10.3. The summed E-state index contributed by atoms with van der Waals surface area (Å²) in [6.45, 7) is 8.33. The van der Waals surface area contributed by atoms with Crippen molar-refractivity contribution in [3.63, 3.8) is 0 Å². The highest BCUT2D eigenvalue weighted by Crippen LogP contribution is 2.23. The van der Waals surface area contributed by atoms with Gasteiger partial charge in [0.25, 0.3) is 0 Å². The van der Waals surface area contributed by atoms with Gasteiger partial charge in [0, 0.05) is 31.2 Å². The maximum Gasteiger partial charge on any atom is 0.133 e. The van der Waals surface area contributed by atoms with Gasteiger partial charge < -0.3 is 10.3 Å². The molecular weight excluding hydrogens is 202 g/mol. The Morgan fingerprint density at radius 1 is 1.56 bits per heavy atom. The Kier molecular flexibility index (Phi) is 3.30. The molecule has 0 aliphatic carbocycles. The maximum absolute atomic E-state index is 6.07. The summed E-state index contributed by atoms with van der Waals surface area (Å²) in [5, 5.41) is 4.04. The first-order chi connectivity index (χ1) is 7.58. The van der Waals surface area contributed by atoms with Crippen LogP contribution in [0.15, 0.2) is 10.6 Å². The molecule has 0 radical (unpaired) electrons. The van der Waals surface area contributed by atoms with Gasteiger partial charge in [-0.05, 0) is 26.2 Å². The number of hydrogen-bond acceptors (Lipinski definition) is 4. The predicted molar refractivity (Wildman–Crippen MR) is 62.9 cm³/mol. The zero-order valence-electron chi connectivity index (χ0n) is 10.3. The van der Waals surface area contributed by atoms with E-state index < -0.39 is 0 Å². The summed E-state index contributed by atoms with van der Waals surface area (Å²) in [6, 6.07) is 2.86. The minimum Gasteiger partial charge on any atom is -0.361 e. The summed E-state index contributed by atoms with van der Waals surface area (Å²) < 4.78 is 5.09. The highest BCUT2D eigenvalue weighted by molar-refractivity contribution is 5.04. The first-order valence-corrected chi connectivity index (χ1v) is 5.99. The van der Waals surface area contributed by atoms with E-state index in [1.807, 2.05) is 13.0 Å². The fourth-order valence-corrected chi connectivity index (χ4v) is 2.40. The smallest absolute Gasteiger partial charge is 0.133 e. The molecule has 0 amide bonds. The van der Waals surface area contributed by atoms with Gasteiger partial charge >= 0.3 is 0 Å². The largest absolute Gasteiger partial charge is 0.361 e. The Bertz CT molecular complexity index is 350. The minimum absolute atomic E-state index is 0.338. The average Bonchev–Trinajstić information content (AvgIpc) is 2.65. The van der Waals surface area contributed by atoms with E-state index in [2.05, 4.69) is 23.9 Å². The van der Waals surface area contributed by atoms with Gasteiger partial charge in [-0.2, -0.15) is 0 Å². The van der Waals surface area contributed by atoms with Crippen LogP contribution in [0.5, 0.6) is 0 Å². The number of nitrogens with zero attached hydrogens (tertiary/aromatic N) is 2. The molecule has 3 unspecified atom stereocenters. The third kappa shape index (κ3) is 2.28. The van der Waals surface area contributed by atoms with E-state index in [-0.39, 0.29) is 0 Å². The third-order valence-corrected chi connectivity index (χ3v) is 3.80. The second kappa shape index (κ2) is 4.55. The SMILES string of the molecule is Cc1cc(CN2CCC(N)C(C)C2C)no1. The molecule has 0 spiro atoms. The Balaban J connectivity index is 2.00. The van der Waals surface area contributed by atoms with Crippen LogP contribution in [0, 0.1) is 12.8 Å². The summed E-state index contributed by atoms with van der Waals surface area (Å²) >= 11 is 0. The summed E-state index contributed by atoms with van der Waals surface area (Å²) in [4.78, 5) is 2.44. The molecule has 1 fully saturated rings. The normalized spacial score (nSPS) is 31.9. The fourth-order valence-electron chi connectivity index (χ4n) is 2.40. The van der Waals surface area contributed by atoms with Crippen LogP contribution >= 0.6 is 0 Å². The highest BCUT2D eigenvalue weighted by Gasteiger charge is 2.30. The lowest BCUT2D eigenvalue weighted by atomic mass is 9.87. The van der Waals surface area contributed by atoms with Crippen LogP contribution in [0.4, 0.5) is 0 Å². The maximum atomic E-state index is 6.07. The molecule has 1 aromatic rings. The van der Waals surface area contributed by atoms with Gasteiger partial charge in [-0.15, -0.1) is 0 Å². The van der Waals surface area contributed by atoms with Crippen molar-refractivity contribution in [3.8, 4) is 0 Å². The summed E-state index contributed by atoms with van der Waals surface area (Å²) in [6.07, 6.45) is 1.07. The van der Waals surface area contributed by atoms with Crippen molar-refractivity contribution in [1.29, 1.82) is 0 Å². The number of likely N-dealkylation sites (tertiary alicyclic amines) is 1. The number of hydrogen-bond donors (Lipinski definition) is 1. The lowest BCUT2D eigenvalue weighted by Gasteiger charge is -2.40. The van der Waals surface area contributed by atoms with Gasteiger partial charge in [0.1, 0.15) is 5.76 Å². The van der Waals surface area contributed by atoms with Crippen LogP contribution in [-0.2, 0) is 6.54 Å². The van der Waals surface area contributed by atoms with E-state index in [4.69, 9.17) is 10.3 Å². The molecule has 0 aromatic carbocycles. The lowest BCUT2D eigenvalue weighted by Crippen LogP contribution is -2.51. The van der Waals surface area contributed by atoms with Crippen LogP contribution in [-0.4, -0.2) is 28.7 Å². The van der Waals surface area contributed by atoms with Crippen LogP contribution in [0.2, 0.25) is 0 Å². The van der Waals surface area contributed by atoms with Crippen LogP contribution in [0.25, 0.3) is 0 Å². The van der Waals surface area contributed by atoms with Crippen molar-refractivity contribution in [2.45, 2.75) is 45.8 Å². The average molecular weight is 223 g/mol. The molecule has 0 bridgehead atoms. The number of aryl methyl sites for hydroxylation is 1. The van der Waals surface area contributed by atoms with Crippen molar-refractivity contribution in [2.24, 2.45) is 11.7 Å². The number of nitrogens with two attached hydrogens (primary N) is 1. The highest BCUT2D eigenvalue weighted by atomic mass is 16.5. The van der Waals surface area contributed by atoms with Gasteiger partial charge in [-0.25, -0.2) is 0 Å². The molecule has 4 heteroatoms. The zero-order chi connectivity index (χ0) is 11.7. The summed E-state index contributed by atoms with van der Waals surface area (Å²) in [7, 11) is 0. The number of aromatic nitrogens is 1. The van der Waals surface area contributed by atoms with E-state index in [0.29, 0.717) is 18.0 Å². The number of piperidine rings is 1.